The van der Waals surface area contributed by atoms with E-state index in [1.807, 2.05) is 0 Å². The van der Waals surface area contributed by atoms with Crippen molar-refractivity contribution in [1.82, 2.24) is 0 Å². The summed E-state index contributed by atoms with van der Waals surface area (Å²) < 4.78 is 0. The van der Waals surface area contributed by atoms with Crippen molar-refractivity contribution in [3.63, 3.8) is 0 Å². The summed E-state index contributed by atoms with van der Waals surface area (Å²) in [5.74, 6) is 0.939. The van der Waals surface area contributed by atoms with Gasteiger partial charge in [-0.2, -0.15) is 0 Å². The maximum Gasteiger partial charge on any atom is 0.234 e. The van der Waals surface area contributed by atoms with Crippen molar-refractivity contribution in [3.05, 3.63) is 0 Å². The number of hydrogen-bond donors (Lipinski definition) is 0. The SMILES string of the molecule is CCC.O=C=NCC1CCCC(CN=C=O)C1. The molecule has 0 spiro atoms. The number of nitrogens with zero attached hydrogens (tertiary/aromatic N) is 2. The van der Waals surface area contributed by atoms with Crippen LogP contribution < -0.4 is 0 Å². The summed E-state index contributed by atoms with van der Waals surface area (Å²) in [4.78, 5) is 27.1. The zero-order chi connectivity index (χ0) is 12.9. The fourth-order valence-electron chi connectivity index (χ4n) is 2.07. The van der Waals surface area contributed by atoms with Gasteiger partial charge in [0.15, 0.2) is 0 Å². The van der Waals surface area contributed by atoms with E-state index >= 15 is 0 Å². The van der Waals surface area contributed by atoms with E-state index in [2.05, 4.69) is 23.8 Å². The van der Waals surface area contributed by atoms with Gasteiger partial charge in [-0.25, -0.2) is 19.6 Å². The maximum absolute atomic E-state index is 9.94. The molecule has 4 heteroatoms. The predicted octanol–water partition coefficient (Wildman–Crippen LogP) is 2.88. The average molecular weight is 238 g/mol. The topological polar surface area (TPSA) is 58.9 Å². The lowest BCUT2D eigenvalue weighted by Crippen LogP contribution is -2.19. The first kappa shape index (κ1) is 15.8. The third-order valence-corrected chi connectivity index (χ3v) is 2.72. The summed E-state index contributed by atoms with van der Waals surface area (Å²) in [6, 6.07) is 0. The highest BCUT2D eigenvalue weighted by Gasteiger charge is 2.21. The summed E-state index contributed by atoms with van der Waals surface area (Å²) in [5, 5.41) is 0. The van der Waals surface area contributed by atoms with E-state index in [1.54, 1.807) is 12.2 Å². The number of isocyanates is 2. The van der Waals surface area contributed by atoms with E-state index in [4.69, 9.17) is 0 Å². The van der Waals surface area contributed by atoms with Crippen molar-refractivity contribution < 1.29 is 9.59 Å². The van der Waals surface area contributed by atoms with Crippen molar-refractivity contribution >= 4 is 12.2 Å². The highest BCUT2D eigenvalue weighted by atomic mass is 16.1. The van der Waals surface area contributed by atoms with Crippen molar-refractivity contribution in [2.75, 3.05) is 13.1 Å². The van der Waals surface area contributed by atoms with Gasteiger partial charge in [-0.05, 0) is 31.1 Å². The summed E-state index contributed by atoms with van der Waals surface area (Å²) in [5.41, 5.74) is 0. The Labute approximate surface area is 103 Å². The van der Waals surface area contributed by atoms with Crippen LogP contribution in [-0.4, -0.2) is 25.2 Å². The standard InChI is InChI=1S/C10H14N2O2.C3H8/c13-7-11-5-9-2-1-3-10(4-9)6-12-8-14;1-3-2/h9-10H,1-6H2;3H2,1-2H3. The fourth-order valence-corrected chi connectivity index (χ4v) is 2.07. The van der Waals surface area contributed by atoms with Gasteiger partial charge in [0.1, 0.15) is 0 Å². The molecule has 0 heterocycles. The van der Waals surface area contributed by atoms with Crippen molar-refractivity contribution in [3.8, 4) is 0 Å². The number of carbonyl (C=O) groups excluding carboxylic acids is 2. The molecule has 96 valence electrons. The molecule has 0 saturated heterocycles. The lowest BCUT2D eigenvalue weighted by atomic mass is 9.81. The number of rotatable bonds is 4. The Morgan fingerprint density at radius 1 is 1.00 bits per heavy atom. The average Bonchev–Trinajstić information content (AvgIpc) is 2.35. The summed E-state index contributed by atoms with van der Waals surface area (Å²) in [7, 11) is 0. The molecular weight excluding hydrogens is 216 g/mol. The first-order valence-electron chi connectivity index (χ1n) is 6.35. The van der Waals surface area contributed by atoms with Crippen LogP contribution in [-0.2, 0) is 9.59 Å². The molecule has 0 aromatic heterocycles. The zero-order valence-corrected chi connectivity index (χ0v) is 10.8. The van der Waals surface area contributed by atoms with E-state index in [-0.39, 0.29) is 0 Å². The van der Waals surface area contributed by atoms with Gasteiger partial charge in [0.05, 0.1) is 13.1 Å². The molecule has 1 saturated carbocycles. The Morgan fingerprint density at radius 2 is 1.41 bits per heavy atom. The van der Waals surface area contributed by atoms with Crippen LogP contribution >= 0.6 is 0 Å². The van der Waals surface area contributed by atoms with Crippen molar-refractivity contribution in [1.29, 1.82) is 0 Å². The van der Waals surface area contributed by atoms with E-state index in [0.29, 0.717) is 24.9 Å². The Morgan fingerprint density at radius 3 is 1.76 bits per heavy atom. The lowest BCUT2D eigenvalue weighted by Gasteiger charge is -2.26. The van der Waals surface area contributed by atoms with Crippen LogP contribution in [0.25, 0.3) is 0 Å². The van der Waals surface area contributed by atoms with Gasteiger partial charge in [0.25, 0.3) is 0 Å². The Hall–Kier alpha value is -1.24. The molecule has 0 radical (unpaired) electrons. The third kappa shape index (κ3) is 8.56. The Kier molecular flexibility index (Phi) is 10.4. The van der Waals surface area contributed by atoms with Crippen LogP contribution in [0.4, 0.5) is 0 Å². The summed E-state index contributed by atoms with van der Waals surface area (Å²) in [6.07, 6.45) is 8.76. The minimum Gasteiger partial charge on any atom is -0.211 e. The normalized spacial score (nSPS) is 22.5. The molecule has 0 aromatic rings. The van der Waals surface area contributed by atoms with Gasteiger partial charge in [-0.15, -0.1) is 0 Å². The minimum atomic E-state index is 0.469. The number of aliphatic imine (C=N–C) groups is 2. The highest BCUT2D eigenvalue weighted by molar-refractivity contribution is 5.33. The van der Waals surface area contributed by atoms with E-state index < -0.39 is 0 Å². The van der Waals surface area contributed by atoms with Gasteiger partial charge in [0.2, 0.25) is 12.2 Å². The quantitative estimate of drug-likeness (QED) is 0.558. The van der Waals surface area contributed by atoms with Crippen molar-refractivity contribution in [2.45, 2.75) is 46.0 Å². The molecule has 4 nitrogen and oxygen atoms in total. The lowest BCUT2D eigenvalue weighted by molar-refractivity contribution is 0.278. The van der Waals surface area contributed by atoms with Gasteiger partial charge < -0.3 is 0 Å². The first-order valence-corrected chi connectivity index (χ1v) is 6.35. The largest absolute Gasteiger partial charge is 0.234 e. The first-order chi connectivity index (χ1) is 8.28. The van der Waals surface area contributed by atoms with Crippen molar-refractivity contribution in [2.24, 2.45) is 21.8 Å². The van der Waals surface area contributed by atoms with E-state index in [1.165, 1.54) is 6.42 Å². The minimum absolute atomic E-state index is 0.469. The van der Waals surface area contributed by atoms with Gasteiger partial charge >= 0.3 is 0 Å². The van der Waals surface area contributed by atoms with E-state index in [9.17, 15) is 9.59 Å². The smallest absolute Gasteiger partial charge is 0.211 e. The van der Waals surface area contributed by atoms with Crippen LogP contribution in [0, 0.1) is 11.8 Å². The zero-order valence-electron chi connectivity index (χ0n) is 10.8. The van der Waals surface area contributed by atoms with Crippen LogP contribution in [0.15, 0.2) is 9.98 Å². The highest BCUT2D eigenvalue weighted by Crippen LogP contribution is 2.29. The van der Waals surface area contributed by atoms with Crippen LogP contribution in [0.5, 0.6) is 0 Å². The molecule has 0 aromatic carbocycles. The van der Waals surface area contributed by atoms with Crippen LogP contribution in [0.1, 0.15) is 46.0 Å². The van der Waals surface area contributed by atoms with Crippen LogP contribution in [0.3, 0.4) is 0 Å². The molecule has 1 rings (SSSR count). The van der Waals surface area contributed by atoms with Gasteiger partial charge in [-0.3, -0.25) is 0 Å². The second-order valence-electron chi connectivity index (χ2n) is 4.47. The molecule has 0 amide bonds. The molecule has 1 aliphatic rings. The van der Waals surface area contributed by atoms with Gasteiger partial charge in [-0.1, -0.05) is 26.7 Å². The molecular formula is C13H22N2O2. The summed E-state index contributed by atoms with van der Waals surface area (Å²) in [6.45, 7) is 5.40. The monoisotopic (exact) mass is 238 g/mol. The third-order valence-electron chi connectivity index (χ3n) is 2.72. The second kappa shape index (κ2) is 11.3. The molecule has 1 aliphatic carbocycles. The predicted molar refractivity (Wildman–Crippen MR) is 67.4 cm³/mol. The Bertz CT molecular complexity index is 253. The summed E-state index contributed by atoms with van der Waals surface area (Å²) >= 11 is 0. The van der Waals surface area contributed by atoms with Crippen LogP contribution in [0.2, 0.25) is 0 Å². The number of hydrogen-bond acceptors (Lipinski definition) is 4. The van der Waals surface area contributed by atoms with Gasteiger partial charge in [0, 0.05) is 0 Å². The second-order valence-corrected chi connectivity index (χ2v) is 4.47. The molecule has 1 fully saturated rings. The fraction of sp³-hybridized carbons (Fsp3) is 0.846. The molecule has 2 atom stereocenters. The molecule has 2 unspecified atom stereocenters. The molecule has 17 heavy (non-hydrogen) atoms. The van der Waals surface area contributed by atoms with E-state index in [0.717, 1.165) is 25.7 Å². The maximum atomic E-state index is 9.94. The molecule has 0 aliphatic heterocycles. The Balaban J connectivity index is 0.000000770. The molecule has 0 N–H and O–H groups in total. The molecule has 0 bridgehead atoms.